The van der Waals surface area contributed by atoms with Gasteiger partial charge in [0, 0.05) is 11.4 Å². The molecule has 0 spiro atoms. The number of hydrogen-bond donors (Lipinski definition) is 2. The molecule has 0 amide bonds. The number of nitrogens with zero attached hydrogens (tertiary/aromatic N) is 1. The maximum absolute atomic E-state index is 13.2. The van der Waals surface area contributed by atoms with Crippen LogP contribution in [0.5, 0.6) is 0 Å². The molecular formula is C13H9ClFN3. The maximum atomic E-state index is 13.2. The van der Waals surface area contributed by atoms with Crippen LogP contribution < -0.4 is 11.1 Å². The third-order valence-electron chi connectivity index (χ3n) is 2.30. The second kappa shape index (κ2) is 4.94. The number of hydrogen-bond acceptors (Lipinski definition) is 3. The Labute approximate surface area is 109 Å². The lowest BCUT2D eigenvalue weighted by Crippen LogP contribution is -1.95. The van der Waals surface area contributed by atoms with Gasteiger partial charge < -0.3 is 11.1 Å². The lowest BCUT2D eigenvalue weighted by atomic mass is 10.2. The molecule has 0 radical (unpaired) electrons. The lowest BCUT2D eigenvalue weighted by Gasteiger charge is -2.09. The van der Waals surface area contributed by atoms with E-state index >= 15 is 0 Å². The highest BCUT2D eigenvalue weighted by Gasteiger charge is 2.04. The Morgan fingerprint density at radius 2 is 2.00 bits per heavy atom. The number of halogens is 2. The van der Waals surface area contributed by atoms with Crippen LogP contribution in [0.1, 0.15) is 5.56 Å². The standard InChI is InChI=1S/C13H9ClFN3/c14-12-3-8(7-16)1-2-13(12)18-11-5-9(15)4-10(17)6-11/h1-6,18H,17H2. The highest BCUT2D eigenvalue weighted by atomic mass is 35.5. The van der Waals surface area contributed by atoms with Gasteiger partial charge in [-0.1, -0.05) is 11.6 Å². The van der Waals surface area contributed by atoms with E-state index in [-0.39, 0.29) is 0 Å². The molecule has 0 heterocycles. The molecule has 0 aromatic heterocycles. The molecule has 2 aromatic rings. The van der Waals surface area contributed by atoms with Crippen molar-refractivity contribution in [3.63, 3.8) is 0 Å². The largest absolute Gasteiger partial charge is 0.399 e. The van der Waals surface area contributed by atoms with Gasteiger partial charge in [-0.15, -0.1) is 0 Å². The van der Waals surface area contributed by atoms with Crippen LogP contribution in [0.2, 0.25) is 5.02 Å². The van der Waals surface area contributed by atoms with Gasteiger partial charge >= 0.3 is 0 Å². The van der Waals surface area contributed by atoms with Crippen molar-refractivity contribution >= 4 is 28.7 Å². The van der Waals surface area contributed by atoms with Crippen LogP contribution in [0, 0.1) is 17.1 Å². The monoisotopic (exact) mass is 261 g/mol. The van der Waals surface area contributed by atoms with Crippen LogP contribution >= 0.6 is 11.6 Å². The highest BCUT2D eigenvalue weighted by Crippen LogP contribution is 2.27. The van der Waals surface area contributed by atoms with Crippen molar-refractivity contribution in [1.29, 1.82) is 5.26 Å². The van der Waals surface area contributed by atoms with E-state index in [1.807, 2.05) is 6.07 Å². The molecule has 0 unspecified atom stereocenters. The van der Waals surface area contributed by atoms with Crippen molar-refractivity contribution < 1.29 is 4.39 Å². The average Bonchev–Trinajstić information content (AvgIpc) is 2.30. The molecule has 0 fully saturated rings. The summed E-state index contributed by atoms with van der Waals surface area (Å²) in [6, 6.07) is 10.9. The highest BCUT2D eigenvalue weighted by molar-refractivity contribution is 6.33. The van der Waals surface area contributed by atoms with E-state index in [1.54, 1.807) is 18.2 Å². The SMILES string of the molecule is N#Cc1ccc(Nc2cc(N)cc(F)c2)c(Cl)c1. The third-order valence-corrected chi connectivity index (χ3v) is 2.61. The molecular weight excluding hydrogens is 253 g/mol. The molecule has 0 bridgehead atoms. The Hall–Kier alpha value is -2.25. The molecule has 0 aliphatic carbocycles. The molecule has 3 N–H and O–H groups in total. The Balaban J connectivity index is 2.31. The van der Waals surface area contributed by atoms with E-state index in [9.17, 15) is 4.39 Å². The minimum Gasteiger partial charge on any atom is -0.399 e. The van der Waals surface area contributed by atoms with Gasteiger partial charge in [0.15, 0.2) is 0 Å². The van der Waals surface area contributed by atoms with Gasteiger partial charge in [-0.25, -0.2) is 4.39 Å². The van der Waals surface area contributed by atoms with Crippen molar-refractivity contribution in [3.8, 4) is 6.07 Å². The van der Waals surface area contributed by atoms with Crippen LogP contribution in [0.15, 0.2) is 36.4 Å². The van der Waals surface area contributed by atoms with E-state index in [4.69, 9.17) is 22.6 Å². The Bertz CT molecular complexity index is 614. The molecule has 2 aromatic carbocycles. The average molecular weight is 262 g/mol. The first-order valence-electron chi connectivity index (χ1n) is 5.11. The fourth-order valence-electron chi connectivity index (χ4n) is 1.53. The lowest BCUT2D eigenvalue weighted by molar-refractivity contribution is 0.629. The van der Waals surface area contributed by atoms with E-state index in [2.05, 4.69) is 5.32 Å². The first kappa shape index (κ1) is 12.2. The molecule has 2 rings (SSSR count). The number of anilines is 3. The first-order valence-corrected chi connectivity index (χ1v) is 5.49. The van der Waals surface area contributed by atoms with Crippen molar-refractivity contribution in [2.45, 2.75) is 0 Å². The summed E-state index contributed by atoms with van der Waals surface area (Å²) in [5.74, 6) is -0.428. The van der Waals surface area contributed by atoms with Gasteiger partial charge in [0.2, 0.25) is 0 Å². The van der Waals surface area contributed by atoms with E-state index in [0.29, 0.717) is 27.6 Å². The van der Waals surface area contributed by atoms with Crippen molar-refractivity contribution in [2.24, 2.45) is 0 Å². The molecule has 0 aliphatic rings. The van der Waals surface area contributed by atoms with Gasteiger partial charge in [0.25, 0.3) is 0 Å². The number of nitrogens with one attached hydrogen (secondary N) is 1. The fraction of sp³-hybridized carbons (Fsp3) is 0. The van der Waals surface area contributed by atoms with Gasteiger partial charge in [-0.05, 0) is 36.4 Å². The van der Waals surface area contributed by atoms with Gasteiger partial charge in [0.05, 0.1) is 22.3 Å². The number of nitrogen functional groups attached to an aromatic ring is 1. The van der Waals surface area contributed by atoms with Crippen molar-refractivity contribution in [3.05, 3.63) is 52.8 Å². The zero-order chi connectivity index (χ0) is 13.1. The van der Waals surface area contributed by atoms with E-state index in [1.165, 1.54) is 18.2 Å². The Morgan fingerprint density at radius 3 is 2.61 bits per heavy atom. The van der Waals surface area contributed by atoms with Gasteiger partial charge in [-0.2, -0.15) is 5.26 Å². The van der Waals surface area contributed by atoms with Gasteiger partial charge in [0.1, 0.15) is 5.82 Å². The zero-order valence-electron chi connectivity index (χ0n) is 9.24. The van der Waals surface area contributed by atoms with Crippen molar-refractivity contribution in [2.75, 3.05) is 11.1 Å². The fourth-order valence-corrected chi connectivity index (χ4v) is 1.75. The number of nitriles is 1. The summed E-state index contributed by atoms with van der Waals surface area (Å²) < 4.78 is 13.2. The van der Waals surface area contributed by atoms with E-state index < -0.39 is 5.82 Å². The molecule has 3 nitrogen and oxygen atoms in total. The van der Waals surface area contributed by atoms with Crippen LogP contribution in [0.25, 0.3) is 0 Å². The Morgan fingerprint density at radius 1 is 1.22 bits per heavy atom. The minimum absolute atomic E-state index is 0.322. The zero-order valence-corrected chi connectivity index (χ0v) is 10.0. The number of benzene rings is 2. The normalized spacial score (nSPS) is 9.83. The van der Waals surface area contributed by atoms with E-state index in [0.717, 1.165) is 0 Å². The summed E-state index contributed by atoms with van der Waals surface area (Å²) in [6.07, 6.45) is 0. The second-order valence-corrected chi connectivity index (χ2v) is 4.11. The van der Waals surface area contributed by atoms with Crippen molar-refractivity contribution in [1.82, 2.24) is 0 Å². The topological polar surface area (TPSA) is 61.8 Å². The predicted molar refractivity (Wildman–Crippen MR) is 70.3 cm³/mol. The molecule has 0 saturated carbocycles. The molecule has 0 atom stereocenters. The number of rotatable bonds is 2. The molecule has 18 heavy (non-hydrogen) atoms. The van der Waals surface area contributed by atoms with Gasteiger partial charge in [-0.3, -0.25) is 0 Å². The Kier molecular flexibility index (Phi) is 3.35. The van der Waals surface area contributed by atoms with Crippen LogP contribution in [-0.2, 0) is 0 Å². The molecule has 0 saturated heterocycles. The molecule has 0 aliphatic heterocycles. The summed E-state index contributed by atoms with van der Waals surface area (Å²) in [4.78, 5) is 0. The summed E-state index contributed by atoms with van der Waals surface area (Å²) in [7, 11) is 0. The third kappa shape index (κ3) is 2.70. The summed E-state index contributed by atoms with van der Waals surface area (Å²) in [5, 5.41) is 12.1. The molecule has 5 heteroatoms. The second-order valence-electron chi connectivity index (χ2n) is 3.70. The minimum atomic E-state index is -0.428. The first-order chi connectivity index (χ1) is 8.58. The quantitative estimate of drug-likeness (QED) is 0.811. The van der Waals surface area contributed by atoms with Crippen LogP contribution in [0.4, 0.5) is 21.5 Å². The maximum Gasteiger partial charge on any atom is 0.127 e. The molecule has 90 valence electrons. The number of nitrogens with two attached hydrogens (primary N) is 1. The summed E-state index contributed by atoms with van der Waals surface area (Å²) >= 11 is 6.00. The van der Waals surface area contributed by atoms with Crippen LogP contribution in [-0.4, -0.2) is 0 Å². The van der Waals surface area contributed by atoms with Crippen LogP contribution in [0.3, 0.4) is 0 Å². The summed E-state index contributed by atoms with van der Waals surface area (Å²) in [6.45, 7) is 0. The summed E-state index contributed by atoms with van der Waals surface area (Å²) in [5.41, 5.74) is 7.41. The smallest absolute Gasteiger partial charge is 0.127 e. The predicted octanol–water partition coefficient (Wildman–Crippen LogP) is 3.68.